The summed E-state index contributed by atoms with van der Waals surface area (Å²) in [7, 11) is 1.68. The Morgan fingerprint density at radius 1 is 1.53 bits per heavy atom. The van der Waals surface area contributed by atoms with Gasteiger partial charge in [0.25, 0.3) is 0 Å². The van der Waals surface area contributed by atoms with Crippen molar-refractivity contribution in [1.29, 1.82) is 0 Å². The van der Waals surface area contributed by atoms with Gasteiger partial charge in [-0.2, -0.15) is 0 Å². The minimum Gasteiger partial charge on any atom is -0.462 e. The molecule has 3 heterocycles. The van der Waals surface area contributed by atoms with Crippen LogP contribution in [0.25, 0.3) is 0 Å². The summed E-state index contributed by atoms with van der Waals surface area (Å²) in [6.45, 7) is 2.46. The highest BCUT2D eigenvalue weighted by atomic mass is 32.1. The van der Waals surface area contributed by atoms with Crippen LogP contribution in [0, 0.1) is 0 Å². The second-order valence-electron chi connectivity index (χ2n) is 4.76. The second kappa shape index (κ2) is 5.81. The molecule has 0 unspecified atom stereocenters. The van der Waals surface area contributed by atoms with E-state index in [0.717, 1.165) is 36.7 Å². The van der Waals surface area contributed by atoms with Crippen LogP contribution in [0.1, 0.15) is 36.1 Å². The number of hydrogen-bond donors (Lipinski definition) is 0. The van der Waals surface area contributed by atoms with Gasteiger partial charge in [-0.05, 0) is 43.1 Å². The maximum atomic E-state index is 5.86. The van der Waals surface area contributed by atoms with Gasteiger partial charge in [-0.1, -0.05) is 4.49 Å². The predicted octanol–water partition coefficient (Wildman–Crippen LogP) is 2.61. The minimum absolute atomic E-state index is 0.354. The Hall–Kier alpha value is -1.24. The Bertz CT molecular complexity index is 512. The zero-order valence-corrected chi connectivity index (χ0v) is 11.7. The van der Waals surface area contributed by atoms with Crippen LogP contribution in [0.15, 0.2) is 21.9 Å². The molecule has 1 aliphatic rings. The number of furan rings is 1. The van der Waals surface area contributed by atoms with Gasteiger partial charge in [-0.25, -0.2) is 0 Å². The smallest absolute Gasteiger partial charge is 0.129 e. The summed E-state index contributed by atoms with van der Waals surface area (Å²) in [6.07, 6.45) is 2.33. The van der Waals surface area contributed by atoms with Crippen molar-refractivity contribution in [2.75, 3.05) is 13.7 Å². The first-order chi connectivity index (χ1) is 9.36. The van der Waals surface area contributed by atoms with Crippen molar-refractivity contribution in [3.05, 3.63) is 34.7 Å². The van der Waals surface area contributed by atoms with E-state index in [1.165, 1.54) is 18.0 Å². The van der Waals surface area contributed by atoms with Gasteiger partial charge >= 0.3 is 0 Å². The molecule has 2 aromatic rings. The SMILES string of the molecule is COCc1ccc([C@@H]2CCCN2Cc2csnn2)o1. The van der Waals surface area contributed by atoms with Crippen LogP contribution in [-0.4, -0.2) is 28.1 Å². The van der Waals surface area contributed by atoms with Crippen LogP contribution in [0.5, 0.6) is 0 Å². The fourth-order valence-corrected chi connectivity index (χ4v) is 3.03. The van der Waals surface area contributed by atoms with E-state index in [4.69, 9.17) is 9.15 Å². The molecule has 0 amide bonds. The van der Waals surface area contributed by atoms with Gasteiger partial charge in [0.1, 0.15) is 18.1 Å². The van der Waals surface area contributed by atoms with Crippen molar-refractivity contribution in [1.82, 2.24) is 14.5 Å². The maximum Gasteiger partial charge on any atom is 0.129 e. The molecule has 0 radical (unpaired) electrons. The molecule has 5 nitrogen and oxygen atoms in total. The summed E-state index contributed by atoms with van der Waals surface area (Å²) in [5.74, 6) is 1.92. The van der Waals surface area contributed by atoms with Gasteiger partial charge in [0, 0.05) is 19.0 Å². The molecule has 102 valence electrons. The van der Waals surface area contributed by atoms with E-state index in [2.05, 4.69) is 20.6 Å². The van der Waals surface area contributed by atoms with Crippen molar-refractivity contribution >= 4 is 11.5 Å². The summed E-state index contributed by atoms with van der Waals surface area (Å²) < 4.78 is 14.9. The van der Waals surface area contributed by atoms with Crippen molar-refractivity contribution in [2.45, 2.75) is 32.0 Å². The number of hydrogen-bond acceptors (Lipinski definition) is 6. The Kier molecular flexibility index (Phi) is 3.91. The van der Waals surface area contributed by atoms with Crippen LogP contribution < -0.4 is 0 Å². The second-order valence-corrected chi connectivity index (χ2v) is 5.37. The predicted molar refractivity (Wildman–Crippen MR) is 71.7 cm³/mol. The van der Waals surface area contributed by atoms with E-state index in [-0.39, 0.29) is 0 Å². The Labute approximate surface area is 116 Å². The van der Waals surface area contributed by atoms with Crippen molar-refractivity contribution in [2.24, 2.45) is 0 Å². The molecule has 0 N–H and O–H groups in total. The fraction of sp³-hybridized carbons (Fsp3) is 0.538. The van der Waals surface area contributed by atoms with Crippen LogP contribution in [0.2, 0.25) is 0 Å². The highest BCUT2D eigenvalue weighted by Crippen LogP contribution is 2.34. The van der Waals surface area contributed by atoms with Crippen molar-refractivity contribution in [3.8, 4) is 0 Å². The first kappa shape index (κ1) is 12.8. The molecule has 2 aromatic heterocycles. The molecular formula is C13H17N3O2S. The number of likely N-dealkylation sites (tertiary alicyclic amines) is 1. The minimum atomic E-state index is 0.354. The summed E-state index contributed by atoms with van der Waals surface area (Å²) >= 11 is 1.40. The highest BCUT2D eigenvalue weighted by molar-refractivity contribution is 7.03. The van der Waals surface area contributed by atoms with Gasteiger partial charge in [-0.3, -0.25) is 4.90 Å². The molecule has 0 aliphatic carbocycles. The lowest BCUT2D eigenvalue weighted by Crippen LogP contribution is -2.22. The molecular weight excluding hydrogens is 262 g/mol. The quantitative estimate of drug-likeness (QED) is 0.842. The number of rotatable bonds is 5. The third kappa shape index (κ3) is 2.86. The third-order valence-electron chi connectivity index (χ3n) is 3.43. The molecule has 0 aromatic carbocycles. The van der Waals surface area contributed by atoms with E-state index in [0.29, 0.717) is 12.6 Å². The van der Waals surface area contributed by atoms with Crippen molar-refractivity contribution in [3.63, 3.8) is 0 Å². The van der Waals surface area contributed by atoms with E-state index in [1.54, 1.807) is 7.11 Å². The molecule has 0 spiro atoms. The standard InChI is InChI=1S/C13H17N3O2S/c1-17-8-11-4-5-13(18-11)12-3-2-6-16(12)7-10-9-19-15-14-10/h4-5,9,12H,2-3,6-8H2,1H3/t12-/m0/s1. The Balaban J connectivity index is 1.71. The summed E-state index contributed by atoms with van der Waals surface area (Å²) in [4.78, 5) is 2.41. The lowest BCUT2D eigenvalue weighted by molar-refractivity contribution is 0.155. The molecule has 0 saturated carbocycles. The van der Waals surface area contributed by atoms with Gasteiger partial charge in [-0.15, -0.1) is 5.10 Å². The molecule has 1 saturated heterocycles. The summed E-state index contributed by atoms with van der Waals surface area (Å²) in [6, 6.07) is 4.42. The highest BCUT2D eigenvalue weighted by Gasteiger charge is 2.28. The Morgan fingerprint density at radius 2 is 2.47 bits per heavy atom. The largest absolute Gasteiger partial charge is 0.462 e. The average Bonchev–Trinajstić information content (AvgIpc) is 3.11. The topological polar surface area (TPSA) is 51.4 Å². The molecule has 1 atom stereocenters. The van der Waals surface area contributed by atoms with E-state index in [1.807, 2.05) is 11.4 Å². The molecule has 1 fully saturated rings. The fourth-order valence-electron chi connectivity index (χ4n) is 2.59. The van der Waals surface area contributed by atoms with Gasteiger partial charge in [0.05, 0.1) is 11.7 Å². The van der Waals surface area contributed by atoms with E-state index < -0.39 is 0 Å². The lowest BCUT2D eigenvalue weighted by atomic mass is 10.1. The molecule has 6 heteroatoms. The molecule has 0 bridgehead atoms. The van der Waals surface area contributed by atoms with Gasteiger partial charge < -0.3 is 9.15 Å². The van der Waals surface area contributed by atoms with Gasteiger partial charge in [0.15, 0.2) is 0 Å². The van der Waals surface area contributed by atoms with Crippen LogP contribution >= 0.6 is 11.5 Å². The monoisotopic (exact) mass is 279 g/mol. The van der Waals surface area contributed by atoms with Crippen LogP contribution in [0.4, 0.5) is 0 Å². The normalized spacial score (nSPS) is 20.2. The number of aromatic nitrogens is 2. The van der Waals surface area contributed by atoms with Crippen LogP contribution in [-0.2, 0) is 17.9 Å². The summed E-state index contributed by atoms with van der Waals surface area (Å²) in [5.41, 5.74) is 1.04. The van der Waals surface area contributed by atoms with Crippen LogP contribution in [0.3, 0.4) is 0 Å². The van der Waals surface area contributed by atoms with Crippen molar-refractivity contribution < 1.29 is 9.15 Å². The third-order valence-corrected chi connectivity index (χ3v) is 3.98. The van der Waals surface area contributed by atoms with E-state index in [9.17, 15) is 0 Å². The molecule has 1 aliphatic heterocycles. The molecule has 19 heavy (non-hydrogen) atoms. The molecule has 3 rings (SSSR count). The Morgan fingerprint density at radius 3 is 3.26 bits per heavy atom. The number of methoxy groups -OCH3 is 1. The number of ether oxygens (including phenoxy) is 1. The van der Waals surface area contributed by atoms with Gasteiger partial charge in [0.2, 0.25) is 0 Å². The average molecular weight is 279 g/mol. The first-order valence-electron chi connectivity index (χ1n) is 6.44. The first-order valence-corrected chi connectivity index (χ1v) is 7.28. The summed E-state index contributed by atoms with van der Waals surface area (Å²) in [5, 5.41) is 6.13. The number of nitrogens with zero attached hydrogens (tertiary/aromatic N) is 3. The zero-order chi connectivity index (χ0) is 13.1. The lowest BCUT2D eigenvalue weighted by Gasteiger charge is -2.21. The zero-order valence-electron chi connectivity index (χ0n) is 10.9. The van der Waals surface area contributed by atoms with E-state index >= 15 is 0 Å². The maximum absolute atomic E-state index is 5.86.